The Morgan fingerprint density at radius 2 is 1.53 bits per heavy atom. The lowest BCUT2D eigenvalue weighted by Gasteiger charge is -2.43. The fraction of sp³-hybridized carbons (Fsp3) is 0.457. The number of carbonyl (C=O) groups is 3. The summed E-state index contributed by atoms with van der Waals surface area (Å²) in [5.41, 5.74) is 4.48. The van der Waals surface area contributed by atoms with Crippen molar-refractivity contribution in [3.8, 4) is 0 Å². The minimum atomic E-state index is -2.74. The summed E-state index contributed by atoms with van der Waals surface area (Å²) in [5.74, 6) is -5.02. The van der Waals surface area contributed by atoms with Gasteiger partial charge in [0.25, 0.3) is 0 Å². The van der Waals surface area contributed by atoms with Gasteiger partial charge in [-0.05, 0) is 88.5 Å². The number of H-pyrrole nitrogens is 1. The summed E-state index contributed by atoms with van der Waals surface area (Å²) in [5, 5.41) is 35.2. The summed E-state index contributed by atoms with van der Waals surface area (Å²) in [6.07, 6.45) is 8.80. The fourth-order valence-corrected chi connectivity index (χ4v) is 6.64. The van der Waals surface area contributed by atoms with Gasteiger partial charge in [-0.15, -0.1) is 0 Å². The Hall–Kier alpha value is -3.99. The van der Waals surface area contributed by atoms with Crippen LogP contribution in [-0.4, -0.2) is 92.4 Å². The van der Waals surface area contributed by atoms with Crippen LogP contribution in [0.25, 0.3) is 16.5 Å². The summed E-state index contributed by atoms with van der Waals surface area (Å²) in [7, 11) is 4.47. The van der Waals surface area contributed by atoms with Crippen LogP contribution in [0, 0.1) is 0 Å². The molecule has 1 fully saturated rings. The van der Waals surface area contributed by atoms with E-state index in [2.05, 4.69) is 89.6 Å². The first-order valence-electron chi connectivity index (χ1n) is 15.6. The van der Waals surface area contributed by atoms with E-state index in [1.165, 1.54) is 72.2 Å². The zero-order valence-electron chi connectivity index (χ0n) is 26.2. The van der Waals surface area contributed by atoms with Crippen LogP contribution in [0.2, 0.25) is 0 Å². The predicted octanol–water partition coefficient (Wildman–Crippen LogP) is 4.97. The van der Waals surface area contributed by atoms with E-state index in [1.54, 1.807) is 0 Å². The first-order valence-corrected chi connectivity index (χ1v) is 15.6. The van der Waals surface area contributed by atoms with Crippen LogP contribution in [0.3, 0.4) is 0 Å². The second-order valence-electron chi connectivity index (χ2n) is 12.4. The molecule has 0 spiro atoms. The maximum atomic E-state index is 10.3. The van der Waals surface area contributed by atoms with E-state index in [9.17, 15) is 14.4 Å². The topological polar surface area (TPSA) is 154 Å². The molecule has 1 aliphatic heterocycles. The molecule has 242 valence electrons. The molecule has 10 heteroatoms. The number of aliphatic carboxylic acids is 3. The van der Waals surface area contributed by atoms with Crippen molar-refractivity contribution < 1.29 is 34.8 Å². The molecule has 1 unspecified atom stereocenters. The molecule has 1 atom stereocenters. The number of nitrogens with one attached hydrogen (secondary N) is 1. The number of fused-ring (bicyclic) bond motifs is 1. The highest BCUT2D eigenvalue weighted by atomic mass is 16.4. The largest absolute Gasteiger partial charge is 0.481 e. The summed E-state index contributed by atoms with van der Waals surface area (Å²) in [4.78, 5) is 39.4. The molecule has 5 N–H and O–H groups in total. The molecule has 2 heterocycles. The number of carboxylic acids is 3. The SMILES string of the molecule is CN(C)C1(c2ccccc2)CC=C(c2[nH]c3ccccc3c2CCN2CCCCC2)CC1.O=C(O)CC(O)(CC(=O)O)C(=O)O. The first kappa shape index (κ1) is 33.9. The molecular weight excluding hydrogens is 574 g/mol. The van der Waals surface area contributed by atoms with Gasteiger partial charge in [-0.2, -0.15) is 0 Å². The minimum absolute atomic E-state index is 0.0880. The number of aromatic nitrogens is 1. The molecule has 3 aromatic rings. The Morgan fingerprint density at radius 1 is 0.911 bits per heavy atom. The molecule has 0 radical (unpaired) electrons. The molecule has 45 heavy (non-hydrogen) atoms. The maximum Gasteiger partial charge on any atom is 0.336 e. The molecule has 0 saturated carbocycles. The summed E-state index contributed by atoms with van der Waals surface area (Å²) >= 11 is 0. The zero-order chi connectivity index (χ0) is 32.6. The van der Waals surface area contributed by atoms with Gasteiger partial charge in [-0.1, -0.05) is 61.0 Å². The smallest absolute Gasteiger partial charge is 0.336 e. The standard InChI is InChI=1S/C29H37N3.C6H8O7/c1-31(2)29(24-11-5-3-6-12-24)18-15-23(16-19-29)28-26(17-22-32-20-9-4-10-21-32)25-13-7-8-14-27(25)30-28;7-3(8)1-6(13,5(11)12)2-4(9)10/h3,5-8,11-15,30H,4,9-10,16-22H2,1-2H3;13H,1-2H2,(H,7,8)(H,9,10)(H,11,12). The summed E-state index contributed by atoms with van der Waals surface area (Å²) in [6.45, 7) is 3.71. The van der Waals surface area contributed by atoms with Crippen molar-refractivity contribution in [2.45, 2.75) is 68.9 Å². The second-order valence-corrected chi connectivity index (χ2v) is 12.4. The number of aliphatic hydroxyl groups is 1. The van der Waals surface area contributed by atoms with Crippen molar-refractivity contribution in [1.29, 1.82) is 0 Å². The van der Waals surface area contributed by atoms with Crippen LogP contribution in [0.4, 0.5) is 0 Å². The molecule has 1 aliphatic carbocycles. The van der Waals surface area contributed by atoms with E-state index in [0.717, 1.165) is 25.7 Å². The average Bonchev–Trinajstić information content (AvgIpc) is 3.39. The van der Waals surface area contributed by atoms with E-state index in [1.807, 2.05) is 0 Å². The number of likely N-dealkylation sites (tertiary alicyclic amines) is 1. The second kappa shape index (κ2) is 14.9. The van der Waals surface area contributed by atoms with Gasteiger partial charge in [0.15, 0.2) is 5.60 Å². The molecule has 1 aromatic heterocycles. The van der Waals surface area contributed by atoms with Gasteiger partial charge in [0.05, 0.1) is 12.8 Å². The number of hydrogen-bond donors (Lipinski definition) is 5. The van der Waals surface area contributed by atoms with Crippen molar-refractivity contribution in [1.82, 2.24) is 14.8 Å². The lowest BCUT2D eigenvalue weighted by atomic mass is 9.75. The number of hydrogen-bond acceptors (Lipinski definition) is 6. The summed E-state index contributed by atoms with van der Waals surface area (Å²) < 4.78 is 0. The van der Waals surface area contributed by atoms with Gasteiger partial charge >= 0.3 is 17.9 Å². The van der Waals surface area contributed by atoms with Gasteiger partial charge in [0.2, 0.25) is 0 Å². The van der Waals surface area contributed by atoms with Crippen LogP contribution < -0.4 is 0 Å². The Morgan fingerprint density at radius 3 is 2.09 bits per heavy atom. The lowest BCUT2D eigenvalue weighted by Crippen LogP contribution is -2.42. The number of para-hydroxylation sites is 1. The number of rotatable bonds is 11. The van der Waals surface area contributed by atoms with Gasteiger partial charge < -0.3 is 30.3 Å². The lowest BCUT2D eigenvalue weighted by molar-refractivity contribution is -0.170. The highest BCUT2D eigenvalue weighted by Gasteiger charge is 2.41. The zero-order valence-corrected chi connectivity index (χ0v) is 26.2. The Labute approximate surface area is 264 Å². The van der Waals surface area contributed by atoms with E-state index in [0.29, 0.717) is 0 Å². The Bertz CT molecular complexity index is 1490. The normalized spacial score (nSPS) is 19.1. The van der Waals surface area contributed by atoms with E-state index in [-0.39, 0.29) is 5.54 Å². The third-order valence-corrected chi connectivity index (χ3v) is 9.21. The molecular formula is C35H45N3O7. The maximum absolute atomic E-state index is 10.3. The fourth-order valence-electron chi connectivity index (χ4n) is 6.64. The molecule has 10 nitrogen and oxygen atoms in total. The van der Waals surface area contributed by atoms with Gasteiger partial charge in [0, 0.05) is 28.7 Å². The number of allylic oxidation sites excluding steroid dienone is 1. The van der Waals surface area contributed by atoms with Crippen molar-refractivity contribution in [3.05, 3.63) is 77.5 Å². The average molecular weight is 620 g/mol. The van der Waals surface area contributed by atoms with E-state index in [4.69, 9.17) is 20.4 Å². The van der Waals surface area contributed by atoms with Crippen LogP contribution in [0.5, 0.6) is 0 Å². The predicted molar refractivity (Wildman–Crippen MR) is 173 cm³/mol. The Balaban J connectivity index is 0.000000302. The van der Waals surface area contributed by atoms with Gasteiger partial charge in [0.1, 0.15) is 0 Å². The molecule has 0 bridgehead atoms. The number of nitrogens with zero attached hydrogens (tertiary/aromatic N) is 2. The molecule has 2 aliphatic rings. The van der Waals surface area contributed by atoms with Crippen molar-refractivity contribution in [3.63, 3.8) is 0 Å². The first-order chi connectivity index (χ1) is 21.4. The molecule has 1 saturated heterocycles. The van der Waals surface area contributed by atoms with Gasteiger partial charge in [-0.25, -0.2) is 4.79 Å². The molecule has 5 rings (SSSR count). The van der Waals surface area contributed by atoms with Crippen molar-refractivity contribution in [2.24, 2.45) is 0 Å². The summed E-state index contributed by atoms with van der Waals surface area (Å²) in [6, 6.07) is 19.9. The van der Waals surface area contributed by atoms with E-state index < -0.39 is 36.4 Å². The number of piperidine rings is 1. The van der Waals surface area contributed by atoms with Crippen LogP contribution >= 0.6 is 0 Å². The monoisotopic (exact) mass is 619 g/mol. The highest BCUT2D eigenvalue weighted by molar-refractivity contribution is 5.90. The number of carboxylic acid groups (broad SMARTS) is 3. The van der Waals surface area contributed by atoms with Crippen LogP contribution in [-0.2, 0) is 26.3 Å². The third-order valence-electron chi connectivity index (χ3n) is 9.21. The molecule has 2 aromatic carbocycles. The Kier molecular flexibility index (Phi) is 11.2. The van der Waals surface area contributed by atoms with Crippen LogP contribution in [0.15, 0.2) is 60.7 Å². The number of benzene rings is 2. The van der Waals surface area contributed by atoms with Gasteiger partial charge in [-0.3, -0.25) is 14.5 Å². The van der Waals surface area contributed by atoms with Crippen LogP contribution in [0.1, 0.15) is 68.2 Å². The molecule has 0 amide bonds. The third kappa shape index (κ3) is 8.19. The minimum Gasteiger partial charge on any atom is -0.481 e. The quantitative estimate of drug-likeness (QED) is 0.200. The van der Waals surface area contributed by atoms with E-state index >= 15 is 0 Å². The number of aromatic amines is 1. The van der Waals surface area contributed by atoms with Crippen molar-refractivity contribution >= 4 is 34.4 Å². The highest BCUT2D eigenvalue weighted by Crippen LogP contribution is 2.43. The van der Waals surface area contributed by atoms with Crippen molar-refractivity contribution in [2.75, 3.05) is 33.7 Å².